The van der Waals surface area contributed by atoms with Gasteiger partial charge in [-0.05, 0) is 31.2 Å². The molecular formula is C17H20N2O3S. The highest BCUT2D eigenvalue weighted by Gasteiger charge is 2.20. The number of rotatable bonds is 5. The van der Waals surface area contributed by atoms with Gasteiger partial charge in [0.2, 0.25) is 0 Å². The zero-order valence-electron chi connectivity index (χ0n) is 13.1. The molecule has 0 aromatic heterocycles. The average Bonchev–Trinajstić information content (AvgIpc) is 2.47. The first-order valence-corrected chi connectivity index (χ1v) is 9.31. The lowest BCUT2D eigenvalue weighted by molar-refractivity contribution is 0.246. The summed E-state index contributed by atoms with van der Waals surface area (Å²) in [6, 6.07) is 17.6. The number of anilines is 2. The Morgan fingerprint density at radius 3 is 1.83 bits per heavy atom. The molecule has 1 atom stereocenters. The largest absolute Gasteiger partial charge is 0.334 e. The van der Waals surface area contributed by atoms with Crippen LogP contribution in [0.5, 0.6) is 0 Å². The van der Waals surface area contributed by atoms with Crippen molar-refractivity contribution in [1.29, 1.82) is 0 Å². The van der Waals surface area contributed by atoms with Crippen molar-refractivity contribution in [3.63, 3.8) is 0 Å². The summed E-state index contributed by atoms with van der Waals surface area (Å²) in [6.07, 6.45) is 1.15. The molecule has 5 nitrogen and oxygen atoms in total. The van der Waals surface area contributed by atoms with E-state index in [1.54, 1.807) is 6.92 Å². The summed E-state index contributed by atoms with van der Waals surface area (Å²) in [5.41, 5.74) is 1.42. The van der Waals surface area contributed by atoms with Crippen LogP contribution in [0.2, 0.25) is 0 Å². The topological polar surface area (TPSA) is 66.5 Å². The van der Waals surface area contributed by atoms with Crippen LogP contribution in [0.3, 0.4) is 0 Å². The lowest BCUT2D eigenvalue weighted by Gasteiger charge is -2.25. The Kier molecular flexibility index (Phi) is 5.39. The van der Waals surface area contributed by atoms with Crippen LogP contribution in [0, 0.1) is 0 Å². The van der Waals surface area contributed by atoms with Crippen LogP contribution < -0.4 is 10.2 Å². The minimum Gasteiger partial charge on any atom is -0.334 e. The summed E-state index contributed by atoms with van der Waals surface area (Å²) in [6.45, 7) is 1.67. The lowest BCUT2D eigenvalue weighted by Crippen LogP contribution is -2.44. The molecule has 0 aliphatic rings. The minimum atomic E-state index is -3.16. The maximum Gasteiger partial charge on any atom is 0.326 e. The molecule has 0 radical (unpaired) electrons. The molecule has 0 bridgehead atoms. The van der Waals surface area contributed by atoms with Crippen LogP contribution in [-0.2, 0) is 9.84 Å². The minimum absolute atomic E-state index is 0.101. The highest BCUT2D eigenvalue weighted by atomic mass is 32.2. The number of amides is 2. The van der Waals surface area contributed by atoms with E-state index in [1.165, 1.54) is 4.90 Å². The SMILES string of the molecule is C[C@H](CS(C)(=O)=O)NC(=O)N(c1ccccc1)c1ccccc1. The number of nitrogens with zero attached hydrogens (tertiary/aromatic N) is 1. The number of carbonyl (C=O) groups is 1. The number of hydrogen-bond donors (Lipinski definition) is 1. The van der Waals surface area contributed by atoms with Crippen molar-refractivity contribution in [1.82, 2.24) is 5.32 Å². The molecule has 23 heavy (non-hydrogen) atoms. The summed E-state index contributed by atoms with van der Waals surface area (Å²) in [5.74, 6) is -0.101. The monoisotopic (exact) mass is 332 g/mol. The molecule has 1 N–H and O–H groups in total. The summed E-state index contributed by atoms with van der Waals surface area (Å²) >= 11 is 0. The van der Waals surface area contributed by atoms with Gasteiger partial charge in [0.05, 0.1) is 17.1 Å². The average molecular weight is 332 g/mol. The van der Waals surface area contributed by atoms with Crippen molar-refractivity contribution < 1.29 is 13.2 Å². The van der Waals surface area contributed by atoms with Crippen molar-refractivity contribution in [2.45, 2.75) is 13.0 Å². The maximum absolute atomic E-state index is 12.7. The molecular weight excluding hydrogens is 312 g/mol. The Morgan fingerprint density at radius 2 is 1.43 bits per heavy atom. The zero-order valence-corrected chi connectivity index (χ0v) is 14.0. The van der Waals surface area contributed by atoms with Gasteiger partial charge in [-0.1, -0.05) is 36.4 Å². The second-order valence-corrected chi connectivity index (χ2v) is 7.63. The number of sulfone groups is 1. The number of nitrogens with one attached hydrogen (secondary N) is 1. The molecule has 0 saturated heterocycles. The van der Waals surface area contributed by atoms with E-state index in [9.17, 15) is 13.2 Å². The highest BCUT2D eigenvalue weighted by Crippen LogP contribution is 2.24. The van der Waals surface area contributed by atoms with Gasteiger partial charge in [0.25, 0.3) is 0 Å². The first-order valence-electron chi connectivity index (χ1n) is 7.25. The van der Waals surface area contributed by atoms with Crippen molar-refractivity contribution >= 4 is 27.2 Å². The lowest BCUT2D eigenvalue weighted by atomic mass is 10.2. The van der Waals surface area contributed by atoms with Crippen molar-refractivity contribution in [3.8, 4) is 0 Å². The van der Waals surface area contributed by atoms with Gasteiger partial charge in [-0.15, -0.1) is 0 Å². The fourth-order valence-corrected chi connectivity index (χ4v) is 3.30. The number of para-hydroxylation sites is 2. The highest BCUT2D eigenvalue weighted by molar-refractivity contribution is 7.90. The van der Waals surface area contributed by atoms with E-state index in [0.717, 1.165) is 6.26 Å². The molecule has 0 aliphatic heterocycles. The molecule has 0 fully saturated rings. The van der Waals surface area contributed by atoms with E-state index in [0.29, 0.717) is 11.4 Å². The van der Waals surface area contributed by atoms with E-state index in [4.69, 9.17) is 0 Å². The van der Waals surface area contributed by atoms with Crippen LogP contribution in [-0.4, -0.2) is 32.5 Å². The third kappa shape index (κ3) is 5.10. The quantitative estimate of drug-likeness (QED) is 0.915. The summed E-state index contributed by atoms with van der Waals surface area (Å²) < 4.78 is 22.7. The molecule has 2 amide bonds. The summed E-state index contributed by atoms with van der Waals surface area (Å²) in [5, 5.41) is 2.74. The van der Waals surface area contributed by atoms with Gasteiger partial charge in [0, 0.05) is 12.3 Å². The third-order valence-corrected chi connectivity index (χ3v) is 4.26. The molecule has 2 aromatic carbocycles. The van der Waals surface area contributed by atoms with Crippen LogP contribution in [0.1, 0.15) is 6.92 Å². The molecule has 0 unspecified atom stereocenters. The second kappa shape index (κ2) is 7.28. The van der Waals surface area contributed by atoms with E-state index >= 15 is 0 Å². The van der Waals surface area contributed by atoms with E-state index in [2.05, 4.69) is 5.32 Å². The van der Waals surface area contributed by atoms with Crippen LogP contribution in [0.4, 0.5) is 16.2 Å². The van der Waals surface area contributed by atoms with Gasteiger partial charge in [-0.3, -0.25) is 4.90 Å². The molecule has 6 heteroatoms. The normalized spacial score (nSPS) is 12.4. The molecule has 0 spiro atoms. The maximum atomic E-state index is 12.7. The van der Waals surface area contributed by atoms with Gasteiger partial charge in [-0.25, -0.2) is 13.2 Å². The Hall–Kier alpha value is -2.34. The Labute approximate surface area is 136 Å². The summed E-state index contributed by atoms with van der Waals surface area (Å²) in [7, 11) is -3.16. The van der Waals surface area contributed by atoms with Crippen molar-refractivity contribution in [2.24, 2.45) is 0 Å². The second-order valence-electron chi connectivity index (χ2n) is 5.45. The zero-order chi connectivity index (χ0) is 16.9. The van der Waals surface area contributed by atoms with Gasteiger partial charge >= 0.3 is 6.03 Å². The number of urea groups is 1. The van der Waals surface area contributed by atoms with Gasteiger partial charge in [-0.2, -0.15) is 0 Å². The first-order chi connectivity index (χ1) is 10.9. The van der Waals surface area contributed by atoms with Crippen molar-refractivity contribution in [3.05, 3.63) is 60.7 Å². The van der Waals surface area contributed by atoms with Gasteiger partial charge < -0.3 is 5.32 Å². The molecule has 2 rings (SSSR count). The van der Waals surface area contributed by atoms with Gasteiger partial charge in [0.15, 0.2) is 0 Å². The predicted octanol–water partition coefficient (Wildman–Crippen LogP) is 2.97. The van der Waals surface area contributed by atoms with E-state index in [1.807, 2.05) is 60.7 Å². The van der Waals surface area contributed by atoms with E-state index in [-0.39, 0.29) is 11.8 Å². The van der Waals surface area contributed by atoms with E-state index < -0.39 is 15.9 Å². The fraction of sp³-hybridized carbons (Fsp3) is 0.235. The van der Waals surface area contributed by atoms with Crippen LogP contribution in [0.15, 0.2) is 60.7 Å². The first kappa shape index (κ1) is 17.0. The standard InChI is InChI=1S/C17H20N2O3S/c1-14(13-23(2,21)22)18-17(20)19(15-9-5-3-6-10-15)16-11-7-4-8-12-16/h3-12,14H,13H2,1-2H3,(H,18,20)/t14-/m1/s1. The van der Waals surface area contributed by atoms with Gasteiger partial charge in [0.1, 0.15) is 9.84 Å². The van der Waals surface area contributed by atoms with Crippen LogP contribution in [0.25, 0.3) is 0 Å². The Balaban J connectivity index is 2.26. The van der Waals surface area contributed by atoms with Crippen LogP contribution >= 0.6 is 0 Å². The molecule has 122 valence electrons. The number of benzene rings is 2. The number of carbonyl (C=O) groups excluding carboxylic acids is 1. The Morgan fingerprint density at radius 1 is 1.00 bits per heavy atom. The molecule has 2 aromatic rings. The molecule has 0 aliphatic carbocycles. The molecule has 0 heterocycles. The summed E-state index contributed by atoms with van der Waals surface area (Å²) in [4.78, 5) is 14.2. The Bertz CT molecular complexity index is 706. The third-order valence-electron chi connectivity index (χ3n) is 3.15. The molecule has 0 saturated carbocycles. The van der Waals surface area contributed by atoms with Crippen molar-refractivity contribution in [2.75, 3.05) is 16.9 Å². The fourth-order valence-electron chi connectivity index (χ4n) is 2.31. The number of hydrogen-bond acceptors (Lipinski definition) is 3. The smallest absolute Gasteiger partial charge is 0.326 e. The predicted molar refractivity (Wildman–Crippen MR) is 92.7 cm³/mol.